The number of nitrogens with zero attached hydrogens (tertiary/aromatic N) is 1. The molecule has 2 atom stereocenters. The molecule has 0 spiro atoms. The molecule has 1 aliphatic heterocycles. The third-order valence-corrected chi connectivity index (χ3v) is 4.09. The number of amides is 1. The van der Waals surface area contributed by atoms with Gasteiger partial charge >= 0.3 is 0 Å². The Kier molecular flexibility index (Phi) is 3.90. The molecule has 0 radical (unpaired) electrons. The fraction of sp³-hybridized carbons (Fsp3) is 0.500. The molecule has 1 heterocycles. The monoisotopic (exact) mass is 281 g/mol. The molecule has 1 fully saturated rings. The minimum absolute atomic E-state index is 0.336. The first-order valence-corrected chi connectivity index (χ1v) is 6.96. The molecule has 0 bridgehead atoms. The Hall–Kier alpha value is -1.42. The topological polar surface area (TPSA) is 72.3 Å². The van der Waals surface area contributed by atoms with Crippen molar-refractivity contribution >= 4 is 28.9 Å². The zero-order valence-electron chi connectivity index (χ0n) is 11.3. The predicted octanol–water partition coefficient (Wildman–Crippen LogP) is 2.79. The van der Waals surface area contributed by atoms with Gasteiger partial charge in [-0.3, -0.25) is 4.79 Å². The highest BCUT2D eigenvalue weighted by Gasteiger charge is 2.29. The summed E-state index contributed by atoms with van der Waals surface area (Å²) in [7, 11) is 0. The summed E-state index contributed by atoms with van der Waals surface area (Å²) in [4.78, 5) is 13.9. The molecule has 2 rings (SSSR count). The second-order valence-corrected chi connectivity index (χ2v) is 5.71. The van der Waals surface area contributed by atoms with E-state index in [2.05, 4.69) is 18.7 Å². The smallest absolute Gasteiger partial charge is 0.250 e. The highest BCUT2D eigenvalue weighted by Crippen LogP contribution is 2.38. The van der Waals surface area contributed by atoms with Crippen molar-refractivity contribution in [2.75, 3.05) is 10.6 Å². The number of nitrogens with two attached hydrogens (primary N) is 2. The van der Waals surface area contributed by atoms with E-state index in [0.717, 1.165) is 18.5 Å². The molecule has 1 aromatic carbocycles. The first kappa shape index (κ1) is 14.0. The number of hydrogen-bond acceptors (Lipinski definition) is 3. The van der Waals surface area contributed by atoms with Gasteiger partial charge in [-0.05, 0) is 45.2 Å². The van der Waals surface area contributed by atoms with Crippen LogP contribution in [0.15, 0.2) is 12.1 Å². The summed E-state index contributed by atoms with van der Waals surface area (Å²) < 4.78 is 0. The summed E-state index contributed by atoms with van der Waals surface area (Å²) >= 11 is 6.31. The molecule has 1 aromatic rings. The number of carbonyl (C=O) groups excluding carboxylic acids is 1. The average Bonchev–Trinajstić information content (AvgIpc) is 2.30. The summed E-state index contributed by atoms with van der Waals surface area (Å²) in [5.41, 5.74) is 12.8. The van der Waals surface area contributed by atoms with Crippen LogP contribution < -0.4 is 16.4 Å². The van der Waals surface area contributed by atoms with E-state index in [0.29, 0.717) is 28.4 Å². The molecule has 19 heavy (non-hydrogen) atoms. The number of hydrogen-bond donors (Lipinski definition) is 2. The van der Waals surface area contributed by atoms with Gasteiger partial charge in [0.15, 0.2) is 0 Å². The maximum atomic E-state index is 11.7. The molecule has 0 unspecified atom stereocenters. The van der Waals surface area contributed by atoms with Gasteiger partial charge < -0.3 is 16.4 Å². The van der Waals surface area contributed by atoms with E-state index in [1.54, 1.807) is 12.1 Å². The van der Waals surface area contributed by atoms with Crippen LogP contribution in [0.1, 0.15) is 43.5 Å². The summed E-state index contributed by atoms with van der Waals surface area (Å²) in [6.07, 6.45) is 3.36. The number of halogens is 1. The summed E-state index contributed by atoms with van der Waals surface area (Å²) in [6, 6.07) is 3.96. The minimum atomic E-state index is -0.492. The lowest BCUT2D eigenvalue weighted by Gasteiger charge is -2.42. The number of rotatable bonds is 2. The number of primary amides is 1. The van der Waals surface area contributed by atoms with Crippen LogP contribution in [0.25, 0.3) is 0 Å². The lowest BCUT2D eigenvalue weighted by molar-refractivity contribution is 0.100. The standard InChI is InChI=1S/C14H20ClN3O/c1-8-4-3-5-9(2)18(8)13-11(14(17)19)6-10(16)7-12(13)15/h6-9H,3-5,16H2,1-2H3,(H2,17,19)/t8-,9+. The molecule has 1 saturated heterocycles. The van der Waals surface area contributed by atoms with Crippen LogP contribution >= 0.6 is 11.6 Å². The van der Waals surface area contributed by atoms with Gasteiger partial charge in [-0.2, -0.15) is 0 Å². The van der Waals surface area contributed by atoms with Crippen LogP contribution in [0, 0.1) is 0 Å². The Labute approximate surface area is 118 Å². The van der Waals surface area contributed by atoms with Crippen LogP contribution in [0.5, 0.6) is 0 Å². The van der Waals surface area contributed by atoms with Crippen molar-refractivity contribution in [2.45, 2.75) is 45.2 Å². The normalized spacial score (nSPS) is 23.4. The van der Waals surface area contributed by atoms with Crippen LogP contribution in [0.3, 0.4) is 0 Å². The number of anilines is 2. The Bertz CT molecular complexity index is 494. The second-order valence-electron chi connectivity index (χ2n) is 5.30. The van der Waals surface area contributed by atoms with Crippen molar-refractivity contribution < 1.29 is 4.79 Å². The Morgan fingerprint density at radius 1 is 1.32 bits per heavy atom. The van der Waals surface area contributed by atoms with Crippen molar-refractivity contribution in [1.82, 2.24) is 0 Å². The van der Waals surface area contributed by atoms with E-state index in [4.69, 9.17) is 23.1 Å². The lowest BCUT2D eigenvalue weighted by atomic mass is 9.95. The number of benzene rings is 1. The molecule has 5 heteroatoms. The second kappa shape index (κ2) is 5.29. The zero-order valence-corrected chi connectivity index (χ0v) is 12.1. The Balaban J connectivity index is 2.56. The van der Waals surface area contributed by atoms with Gasteiger partial charge in [-0.15, -0.1) is 0 Å². The van der Waals surface area contributed by atoms with Gasteiger partial charge in [0.05, 0.1) is 16.3 Å². The fourth-order valence-electron chi connectivity index (χ4n) is 2.93. The number of nitrogen functional groups attached to an aromatic ring is 1. The molecule has 0 aromatic heterocycles. The SMILES string of the molecule is C[C@@H]1CCC[C@H](C)N1c1c(Cl)cc(N)cc1C(N)=O. The van der Waals surface area contributed by atoms with E-state index in [-0.39, 0.29) is 0 Å². The van der Waals surface area contributed by atoms with Gasteiger partial charge in [-0.1, -0.05) is 11.6 Å². The number of piperidine rings is 1. The molecule has 1 amide bonds. The van der Waals surface area contributed by atoms with Gasteiger partial charge in [-0.25, -0.2) is 0 Å². The molecule has 4 nitrogen and oxygen atoms in total. The summed E-state index contributed by atoms with van der Waals surface area (Å²) in [6.45, 7) is 4.29. The minimum Gasteiger partial charge on any atom is -0.399 e. The van der Waals surface area contributed by atoms with Gasteiger partial charge in [0.1, 0.15) is 0 Å². The Morgan fingerprint density at radius 2 is 1.89 bits per heavy atom. The van der Waals surface area contributed by atoms with Crippen LogP contribution in [-0.2, 0) is 0 Å². The average molecular weight is 282 g/mol. The highest BCUT2D eigenvalue weighted by molar-refractivity contribution is 6.34. The van der Waals surface area contributed by atoms with Crippen molar-refractivity contribution in [2.24, 2.45) is 5.73 Å². The third kappa shape index (κ3) is 2.63. The maximum absolute atomic E-state index is 11.7. The van der Waals surface area contributed by atoms with E-state index in [9.17, 15) is 4.79 Å². The molecule has 1 aliphatic rings. The van der Waals surface area contributed by atoms with Gasteiger partial charge in [0.2, 0.25) is 0 Å². The van der Waals surface area contributed by atoms with E-state index < -0.39 is 5.91 Å². The van der Waals surface area contributed by atoms with Crippen LogP contribution in [-0.4, -0.2) is 18.0 Å². The molecular formula is C14H20ClN3O. The highest BCUT2D eigenvalue weighted by atomic mass is 35.5. The van der Waals surface area contributed by atoms with Crippen molar-refractivity contribution in [3.63, 3.8) is 0 Å². The molecule has 0 aliphatic carbocycles. The largest absolute Gasteiger partial charge is 0.399 e. The van der Waals surface area contributed by atoms with Crippen LogP contribution in [0.4, 0.5) is 11.4 Å². The first-order valence-electron chi connectivity index (χ1n) is 6.59. The van der Waals surface area contributed by atoms with Crippen LogP contribution in [0.2, 0.25) is 5.02 Å². The van der Waals surface area contributed by atoms with Crippen molar-refractivity contribution in [1.29, 1.82) is 0 Å². The van der Waals surface area contributed by atoms with E-state index in [1.165, 1.54) is 6.42 Å². The molecular weight excluding hydrogens is 262 g/mol. The van der Waals surface area contributed by atoms with Crippen molar-refractivity contribution in [3.05, 3.63) is 22.7 Å². The van der Waals surface area contributed by atoms with E-state index in [1.807, 2.05) is 0 Å². The Morgan fingerprint density at radius 3 is 2.42 bits per heavy atom. The van der Waals surface area contributed by atoms with E-state index >= 15 is 0 Å². The van der Waals surface area contributed by atoms with Gasteiger partial charge in [0.25, 0.3) is 5.91 Å². The quantitative estimate of drug-likeness (QED) is 0.819. The predicted molar refractivity (Wildman–Crippen MR) is 79.6 cm³/mol. The molecule has 4 N–H and O–H groups in total. The van der Waals surface area contributed by atoms with Gasteiger partial charge in [0, 0.05) is 17.8 Å². The number of carbonyl (C=O) groups is 1. The van der Waals surface area contributed by atoms with Crippen molar-refractivity contribution in [3.8, 4) is 0 Å². The molecule has 104 valence electrons. The lowest BCUT2D eigenvalue weighted by Crippen LogP contribution is -2.45. The fourth-order valence-corrected chi connectivity index (χ4v) is 3.26. The summed E-state index contributed by atoms with van der Waals surface area (Å²) in [5, 5.41) is 0.495. The molecule has 0 saturated carbocycles. The zero-order chi connectivity index (χ0) is 14.2. The third-order valence-electron chi connectivity index (χ3n) is 3.80. The maximum Gasteiger partial charge on any atom is 0.250 e. The summed E-state index contributed by atoms with van der Waals surface area (Å²) in [5.74, 6) is -0.492. The first-order chi connectivity index (χ1) is 8.91.